The molecule has 0 spiro atoms. The maximum atomic E-state index is 13.5. The zero-order chi connectivity index (χ0) is 28.2. The van der Waals surface area contributed by atoms with Crippen LogP contribution in [0.3, 0.4) is 0 Å². The van der Waals surface area contributed by atoms with E-state index in [1.807, 2.05) is 0 Å². The summed E-state index contributed by atoms with van der Waals surface area (Å²) in [5, 5.41) is 0. The van der Waals surface area contributed by atoms with Crippen molar-refractivity contribution in [1.29, 1.82) is 0 Å². The number of halogens is 19. The van der Waals surface area contributed by atoms with Gasteiger partial charge in [0.05, 0.1) is 6.61 Å². The lowest BCUT2D eigenvalue weighted by Gasteiger charge is -2.43. The minimum atomic E-state index is -8.98. The van der Waals surface area contributed by atoms with Crippen molar-refractivity contribution in [3.05, 3.63) is 0 Å². The van der Waals surface area contributed by atoms with Gasteiger partial charge in [0.15, 0.2) is 0 Å². The summed E-state index contributed by atoms with van der Waals surface area (Å²) < 4.78 is 251. The first-order chi connectivity index (χ1) is 14.5. The zero-order valence-electron chi connectivity index (χ0n) is 15.4. The van der Waals surface area contributed by atoms with Gasteiger partial charge in [0.25, 0.3) is 0 Å². The normalized spacial score (nSPS) is 16.0. The summed E-state index contributed by atoms with van der Waals surface area (Å²) in [6, 6.07) is 0. The van der Waals surface area contributed by atoms with Crippen molar-refractivity contribution in [2.24, 2.45) is 0 Å². The Labute approximate surface area is 174 Å². The molecule has 0 rings (SSSR count). The lowest BCUT2D eigenvalue weighted by atomic mass is 9.87. The van der Waals surface area contributed by atoms with Gasteiger partial charge in [-0.15, -0.1) is 0 Å². The molecule has 0 amide bonds. The largest absolute Gasteiger partial charge is 0.466 e. The molecule has 2 nitrogen and oxygen atoms in total. The molecule has 0 aliphatic rings. The second kappa shape index (κ2) is 8.37. The number of carbonyl (C=O) groups excluding carboxylic acids is 1. The zero-order valence-corrected chi connectivity index (χ0v) is 15.4. The average molecular weight is 556 g/mol. The molecule has 21 heteroatoms. The van der Waals surface area contributed by atoms with Crippen LogP contribution in [0.15, 0.2) is 0 Å². The summed E-state index contributed by atoms with van der Waals surface area (Å²) in [6.07, 6.45) is -11.2. The van der Waals surface area contributed by atoms with Gasteiger partial charge in [-0.05, 0) is 6.92 Å². The second-order valence-electron chi connectivity index (χ2n) is 6.20. The number of hydrogen-bond acceptors (Lipinski definition) is 2. The highest BCUT2D eigenvalue weighted by Crippen LogP contribution is 2.65. The van der Waals surface area contributed by atoms with Crippen molar-refractivity contribution in [3.8, 4) is 0 Å². The predicted molar refractivity (Wildman–Crippen MR) is 66.9 cm³/mol. The van der Waals surface area contributed by atoms with Crippen molar-refractivity contribution >= 4 is 5.97 Å². The summed E-state index contributed by atoms with van der Waals surface area (Å²) in [5.41, 5.74) is 0. The first kappa shape index (κ1) is 32.1. The molecule has 204 valence electrons. The SMILES string of the molecule is CCOC(=O)CC(F)(F)C(F)(F)C(F)(F)C(F)(F)C(F)(F)C(F)(F)C(F)(F)C(F)(F)C(F)(F)F. The average Bonchev–Trinajstić information content (AvgIpc) is 2.59. The first-order valence-electron chi connectivity index (χ1n) is 7.70. The van der Waals surface area contributed by atoms with E-state index in [0.717, 1.165) is 6.92 Å². The van der Waals surface area contributed by atoms with Crippen molar-refractivity contribution in [2.75, 3.05) is 6.61 Å². The predicted octanol–water partition coefficient (Wildman–Crippen LogP) is 6.58. The van der Waals surface area contributed by atoms with Crippen LogP contribution < -0.4 is 0 Å². The molecule has 0 aliphatic carbocycles. The van der Waals surface area contributed by atoms with Gasteiger partial charge in [0.1, 0.15) is 6.42 Å². The number of ether oxygens (including phenoxy) is 1. The van der Waals surface area contributed by atoms with Gasteiger partial charge in [0, 0.05) is 0 Å². The van der Waals surface area contributed by atoms with Gasteiger partial charge in [-0.1, -0.05) is 0 Å². The number of alkyl halides is 19. The summed E-state index contributed by atoms with van der Waals surface area (Å²) in [4.78, 5) is 10.7. The molecule has 0 aromatic heterocycles. The Hall–Kier alpha value is -1.86. The van der Waals surface area contributed by atoms with Gasteiger partial charge in [0.2, 0.25) is 0 Å². The topological polar surface area (TPSA) is 26.3 Å². The molecule has 0 atom stereocenters. The maximum Gasteiger partial charge on any atom is 0.460 e. The van der Waals surface area contributed by atoms with Crippen LogP contribution in [0.4, 0.5) is 83.4 Å². The van der Waals surface area contributed by atoms with E-state index in [0.29, 0.717) is 0 Å². The van der Waals surface area contributed by atoms with Gasteiger partial charge >= 0.3 is 59.5 Å². The van der Waals surface area contributed by atoms with Crippen LogP contribution in [0.25, 0.3) is 0 Å². The molecule has 34 heavy (non-hydrogen) atoms. The van der Waals surface area contributed by atoms with Crippen LogP contribution in [-0.2, 0) is 9.53 Å². The van der Waals surface area contributed by atoms with Crippen LogP contribution in [0.5, 0.6) is 0 Å². The Bertz CT molecular complexity index is 750. The lowest BCUT2D eigenvalue weighted by Crippen LogP contribution is -2.75. The molecular formula is C13H7F19O2. The molecule has 0 aromatic carbocycles. The van der Waals surface area contributed by atoms with E-state index < -0.39 is 72.6 Å². The van der Waals surface area contributed by atoms with Crippen molar-refractivity contribution in [1.82, 2.24) is 0 Å². The monoisotopic (exact) mass is 556 g/mol. The highest BCUT2D eigenvalue weighted by Gasteiger charge is 2.96. The number of hydrogen-bond donors (Lipinski definition) is 0. The fraction of sp³-hybridized carbons (Fsp3) is 0.923. The van der Waals surface area contributed by atoms with E-state index in [1.54, 1.807) is 0 Å². The molecule has 0 heterocycles. The van der Waals surface area contributed by atoms with E-state index in [2.05, 4.69) is 4.74 Å². The van der Waals surface area contributed by atoms with E-state index >= 15 is 0 Å². The quantitative estimate of drug-likeness (QED) is 0.225. The Balaban J connectivity index is 6.80. The van der Waals surface area contributed by atoms with Gasteiger partial charge < -0.3 is 4.74 Å². The highest BCUT2D eigenvalue weighted by atomic mass is 19.4. The molecular weight excluding hydrogens is 549 g/mol. The minimum Gasteiger partial charge on any atom is -0.466 e. The van der Waals surface area contributed by atoms with Gasteiger partial charge in [-0.25, -0.2) is 0 Å². The van der Waals surface area contributed by atoms with Crippen LogP contribution in [-0.4, -0.2) is 66.1 Å². The first-order valence-corrected chi connectivity index (χ1v) is 7.70. The molecule has 0 saturated heterocycles. The highest BCUT2D eigenvalue weighted by molar-refractivity contribution is 5.70. The number of rotatable bonds is 10. The molecule has 0 N–H and O–H groups in total. The Morgan fingerprint density at radius 3 is 1.03 bits per heavy atom. The Morgan fingerprint density at radius 2 is 0.765 bits per heavy atom. The Morgan fingerprint density at radius 1 is 0.500 bits per heavy atom. The fourth-order valence-corrected chi connectivity index (χ4v) is 1.90. The fourth-order valence-electron chi connectivity index (χ4n) is 1.90. The van der Waals surface area contributed by atoms with Crippen molar-refractivity contribution in [3.63, 3.8) is 0 Å². The van der Waals surface area contributed by atoms with E-state index in [4.69, 9.17) is 0 Å². The van der Waals surface area contributed by atoms with E-state index in [-0.39, 0.29) is 0 Å². The molecule has 0 unspecified atom stereocenters. The summed E-state index contributed by atoms with van der Waals surface area (Å²) in [7, 11) is 0. The summed E-state index contributed by atoms with van der Waals surface area (Å²) in [5.74, 6) is -70.0. The van der Waals surface area contributed by atoms with Gasteiger partial charge in [-0.2, -0.15) is 83.4 Å². The smallest absolute Gasteiger partial charge is 0.460 e. The summed E-state index contributed by atoms with van der Waals surface area (Å²) >= 11 is 0. The molecule has 0 radical (unpaired) electrons. The Kier molecular flexibility index (Phi) is 7.91. The third-order valence-electron chi connectivity index (χ3n) is 3.85. The standard InChI is InChI=1S/C13H7F19O2/c1-2-34-4(33)3-5(14,15)6(16,17)7(18,19)8(20,21)9(22,23)10(24,25)11(26,27)12(28,29)13(30,31)32/h2-3H2,1H3. The third kappa shape index (κ3) is 4.19. The van der Waals surface area contributed by atoms with Crippen LogP contribution in [0.2, 0.25) is 0 Å². The van der Waals surface area contributed by atoms with E-state index in [1.165, 1.54) is 0 Å². The van der Waals surface area contributed by atoms with Crippen LogP contribution in [0, 0.1) is 0 Å². The molecule has 0 aromatic rings. The molecule has 0 bridgehead atoms. The number of carbonyl (C=O) groups is 1. The lowest BCUT2D eigenvalue weighted by molar-refractivity contribution is -0.468. The van der Waals surface area contributed by atoms with Crippen LogP contribution >= 0.6 is 0 Å². The minimum absolute atomic E-state index is 0.788. The van der Waals surface area contributed by atoms with E-state index in [9.17, 15) is 88.2 Å². The van der Waals surface area contributed by atoms with Crippen molar-refractivity contribution in [2.45, 2.75) is 66.9 Å². The number of esters is 1. The third-order valence-corrected chi connectivity index (χ3v) is 3.85. The van der Waals surface area contributed by atoms with Crippen molar-refractivity contribution < 1.29 is 92.9 Å². The van der Waals surface area contributed by atoms with Crippen LogP contribution in [0.1, 0.15) is 13.3 Å². The second-order valence-corrected chi connectivity index (χ2v) is 6.20. The van der Waals surface area contributed by atoms with Gasteiger partial charge in [-0.3, -0.25) is 4.79 Å². The molecule has 0 saturated carbocycles. The molecule has 0 fully saturated rings. The summed E-state index contributed by atoms with van der Waals surface area (Å²) in [6.45, 7) is -0.156. The maximum absolute atomic E-state index is 13.5. The molecule has 0 aliphatic heterocycles.